The molecule has 0 aliphatic carbocycles. The van der Waals surface area contributed by atoms with Gasteiger partial charge in [0.15, 0.2) is 0 Å². The second-order valence-corrected chi connectivity index (χ2v) is 7.21. The summed E-state index contributed by atoms with van der Waals surface area (Å²) in [5, 5.41) is 3.29. The van der Waals surface area contributed by atoms with Gasteiger partial charge >= 0.3 is 6.18 Å². The van der Waals surface area contributed by atoms with E-state index in [1.165, 1.54) is 12.4 Å². The van der Waals surface area contributed by atoms with E-state index in [9.17, 15) is 18.0 Å². The van der Waals surface area contributed by atoms with Gasteiger partial charge in [0, 0.05) is 35.1 Å². The summed E-state index contributed by atoms with van der Waals surface area (Å²) in [4.78, 5) is 29.9. The van der Waals surface area contributed by atoms with Crippen LogP contribution in [-0.4, -0.2) is 25.8 Å². The van der Waals surface area contributed by atoms with Gasteiger partial charge in [0.25, 0.3) is 0 Å². The van der Waals surface area contributed by atoms with Gasteiger partial charge in [0.1, 0.15) is 5.65 Å². The van der Waals surface area contributed by atoms with Crippen LogP contribution in [0, 0.1) is 6.57 Å². The Hall–Kier alpha value is -4.46. The number of amides is 1. The van der Waals surface area contributed by atoms with Crippen LogP contribution >= 0.6 is 0 Å². The fourth-order valence-electron chi connectivity index (χ4n) is 3.29. The van der Waals surface area contributed by atoms with Gasteiger partial charge in [-0.05, 0) is 30.7 Å². The van der Waals surface area contributed by atoms with Crippen molar-refractivity contribution >= 4 is 28.6 Å². The van der Waals surface area contributed by atoms with Crippen molar-refractivity contribution in [3.05, 3.63) is 77.0 Å². The van der Waals surface area contributed by atoms with Crippen LogP contribution in [-0.2, 0) is 6.18 Å². The monoisotopic (exact) mass is 451 g/mol. The summed E-state index contributed by atoms with van der Waals surface area (Å²) in [7, 11) is 0. The Morgan fingerprint density at radius 2 is 1.94 bits per heavy atom. The molecule has 1 amide bonds. The molecule has 0 aliphatic heterocycles. The molecule has 0 bridgehead atoms. The average molecular weight is 451 g/mol. The Bertz CT molecular complexity index is 1390. The van der Waals surface area contributed by atoms with Crippen molar-refractivity contribution in [1.82, 2.24) is 19.9 Å². The van der Waals surface area contributed by atoms with E-state index >= 15 is 0 Å². The summed E-state index contributed by atoms with van der Waals surface area (Å²) in [6.07, 6.45) is -1.04. The number of hydrogen-bond donors (Lipinski definition) is 3. The average Bonchev–Trinajstić information content (AvgIpc) is 3.21. The van der Waals surface area contributed by atoms with Crippen LogP contribution in [0.15, 0.2) is 48.9 Å². The summed E-state index contributed by atoms with van der Waals surface area (Å²) in [5.41, 5.74) is 6.35. The first-order chi connectivity index (χ1) is 15.7. The Labute approximate surface area is 185 Å². The number of alkyl halides is 3. The van der Waals surface area contributed by atoms with Gasteiger partial charge < -0.3 is 16.0 Å². The summed E-state index contributed by atoms with van der Waals surface area (Å²) in [6, 6.07) is 7.36. The number of pyridine rings is 1. The molecule has 0 radical (unpaired) electrons. The van der Waals surface area contributed by atoms with Crippen molar-refractivity contribution in [3.8, 4) is 11.3 Å². The van der Waals surface area contributed by atoms with Crippen molar-refractivity contribution in [3.63, 3.8) is 0 Å². The number of primary amides is 1. The minimum Gasteiger partial charge on any atom is -0.366 e. The number of aromatic nitrogens is 4. The molecule has 0 saturated heterocycles. The first kappa shape index (κ1) is 21.8. The van der Waals surface area contributed by atoms with Crippen LogP contribution in [0.4, 0.5) is 24.8 Å². The van der Waals surface area contributed by atoms with Gasteiger partial charge in [0.2, 0.25) is 17.5 Å². The molecule has 0 fully saturated rings. The van der Waals surface area contributed by atoms with Crippen LogP contribution in [0.2, 0.25) is 0 Å². The van der Waals surface area contributed by atoms with Gasteiger partial charge in [-0.25, -0.2) is 19.8 Å². The minimum atomic E-state index is -4.56. The standard InChI is InChI=1S/C22H16F3N7O/c1-11(12-3-5-13(6-4-12)19(26)33)31-21-30-10-17(27-2)18(32-21)16-9-29-20-15(16)7-14(8-28-20)22(23,24)25/h3-11H,1H3,(H2,26,33)(H,28,29)(H,30,31,32)/t11-/m1/s1. The van der Waals surface area contributed by atoms with Gasteiger partial charge in [-0.1, -0.05) is 12.1 Å². The number of nitrogens with one attached hydrogen (secondary N) is 2. The molecule has 1 aromatic carbocycles. The number of fused-ring (bicyclic) bond motifs is 1. The Morgan fingerprint density at radius 3 is 2.58 bits per heavy atom. The molecule has 0 aliphatic rings. The minimum absolute atomic E-state index is 0.0809. The lowest BCUT2D eigenvalue weighted by atomic mass is 10.1. The lowest BCUT2D eigenvalue weighted by molar-refractivity contribution is -0.137. The van der Waals surface area contributed by atoms with Gasteiger partial charge in [-0.15, -0.1) is 0 Å². The Balaban J connectivity index is 1.71. The zero-order valence-electron chi connectivity index (χ0n) is 17.1. The van der Waals surface area contributed by atoms with Crippen LogP contribution < -0.4 is 11.1 Å². The smallest absolute Gasteiger partial charge is 0.366 e. The normalized spacial score (nSPS) is 12.3. The van der Waals surface area contributed by atoms with Crippen molar-refractivity contribution < 1.29 is 18.0 Å². The molecule has 0 unspecified atom stereocenters. The van der Waals surface area contributed by atoms with Crippen molar-refractivity contribution in [1.29, 1.82) is 0 Å². The number of halogens is 3. The molecule has 8 nitrogen and oxygen atoms in total. The van der Waals surface area contributed by atoms with Crippen molar-refractivity contribution in [2.75, 3.05) is 5.32 Å². The van der Waals surface area contributed by atoms with E-state index < -0.39 is 17.6 Å². The van der Waals surface area contributed by atoms with Crippen LogP contribution in [0.5, 0.6) is 0 Å². The Morgan fingerprint density at radius 1 is 1.21 bits per heavy atom. The highest BCUT2D eigenvalue weighted by Gasteiger charge is 2.31. The molecule has 4 rings (SSSR count). The molecular formula is C22H16F3N7O. The lowest BCUT2D eigenvalue weighted by Crippen LogP contribution is -2.12. The van der Waals surface area contributed by atoms with E-state index in [2.05, 4.69) is 30.1 Å². The molecule has 1 atom stereocenters. The van der Waals surface area contributed by atoms with Crippen molar-refractivity contribution in [2.24, 2.45) is 5.73 Å². The lowest BCUT2D eigenvalue weighted by Gasteiger charge is -2.15. The topological polar surface area (TPSA) is 114 Å². The predicted molar refractivity (Wildman–Crippen MR) is 115 cm³/mol. The molecule has 166 valence electrons. The molecule has 11 heteroatoms. The molecule has 4 N–H and O–H groups in total. The Kier molecular flexibility index (Phi) is 5.43. The van der Waals surface area contributed by atoms with Gasteiger partial charge in [-0.2, -0.15) is 13.2 Å². The number of rotatable bonds is 5. The maximum Gasteiger partial charge on any atom is 0.417 e. The van der Waals surface area contributed by atoms with E-state index in [4.69, 9.17) is 12.3 Å². The van der Waals surface area contributed by atoms with E-state index in [-0.39, 0.29) is 34.4 Å². The number of H-pyrrole nitrogens is 1. The third-order valence-corrected chi connectivity index (χ3v) is 5.04. The van der Waals surface area contributed by atoms with E-state index in [0.29, 0.717) is 11.1 Å². The first-order valence-electron chi connectivity index (χ1n) is 9.63. The first-order valence-corrected chi connectivity index (χ1v) is 9.63. The SMILES string of the molecule is [C-]#[N+]c1cnc(N[C@H](C)c2ccc(C(N)=O)cc2)nc1-c1c[nH]c2ncc(C(F)(F)F)cc12. The fourth-order valence-corrected chi connectivity index (χ4v) is 3.29. The summed E-state index contributed by atoms with van der Waals surface area (Å²) in [5.74, 6) is -0.357. The molecule has 4 aromatic rings. The summed E-state index contributed by atoms with van der Waals surface area (Å²) < 4.78 is 39.5. The maximum absolute atomic E-state index is 13.2. The second kappa shape index (κ2) is 8.23. The fraction of sp³-hybridized carbons (Fsp3) is 0.136. The van der Waals surface area contributed by atoms with Crippen molar-refractivity contribution in [2.45, 2.75) is 19.1 Å². The number of aromatic amines is 1. The number of nitrogens with two attached hydrogens (primary N) is 1. The highest BCUT2D eigenvalue weighted by molar-refractivity contribution is 5.96. The quantitative estimate of drug-likeness (QED) is 0.375. The highest BCUT2D eigenvalue weighted by atomic mass is 19.4. The molecule has 33 heavy (non-hydrogen) atoms. The van der Waals surface area contributed by atoms with Crippen LogP contribution in [0.25, 0.3) is 27.1 Å². The molecule has 0 saturated carbocycles. The van der Waals surface area contributed by atoms with Crippen LogP contribution in [0.1, 0.15) is 34.5 Å². The third-order valence-electron chi connectivity index (χ3n) is 5.04. The predicted octanol–water partition coefficient (Wildman–Crippen LogP) is 4.86. The second-order valence-electron chi connectivity index (χ2n) is 7.21. The van der Waals surface area contributed by atoms with Gasteiger partial charge in [-0.3, -0.25) is 4.79 Å². The molecule has 3 aromatic heterocycles. The van der Waals surface area contributed by atoms with E-state index in [1.807, 2.05) is 6.92 Å². The summed E-state index contributed by atoms with van der Waals surface area (Å²) >= 11 is 0. The van der Waals surface area contributed by atoms with E-state index in [1.54, 1.807) is 24.3 Å². The number of hydrogen-bond acceptors (Lipinski definition) is 5. The van der Waals surface area contributed by atoms with Crippen LogP contribution in [0.3, 0.4) is 0 Å². The highest BCUT2D eigenvalue weighted by Crippen LogP contribution is 2.37. The third kappa shape index (κ3) is 4.31. The molecule has 0 spiro atoms. The number of carbonyl (C=O) groups excluding carboxylic acids is 1. The van der Waals surface area contributed by atoms with Gasteiger partial charge in [0.05, 0.1) is 23.9 Å². The number of nitrogens with zero attached hydrogens (tertiary/aromatic N) is 4. The summed E-state index contributed by atoms with van der Waals surface area (Å²) in [6.45, 7) is 9.26. The molecule has 3 heterocycles. The van der Waals surface area contributed by atoms with E-state index in [0.717, 1.165) is 17.8 Å². The number of anilines is 1. The largest absolute Gasteiger partial charge is 0.417 e. The number of carbonyl (C=O) groups is 1. The number of benzene rings is 1. The zero-order valence-corrected chi connectivity index (χ0v) is 17.1. The zero-order chi connectivity index (χ0) is 23.8. The maximum atomic E-state index is 13.2. The molecular weight excluding hydrogens is 435 g/mol.